The molecule has 1 saturated heterocycles. The molecular formula is C25H28F2N6O. The van der Waals surface area contributed by atoms with Crippen LogP contribution in [0.25, 0.3) is 11.3 Å². The van der Waals surface area contributed by atoms with Crippen molar-refractivity contribution in [2.75, 3.05) is 31.1 Å². The Balaban J connectivity index is 1.41. The number of rotatable bonds is 5. The van der Waals surface area contributed by atoms with Gasteiger partial charge in [-0.25, -0.2) is 18.7 Å². The lowest BCUT2D eigenvalue weighted by atomic mass is 9.94. The van der Waals surface area contributed by atoms with Gasteiger partial charge in [-0.2, -0.15) is 10.2 Å². The summed E-state index contributed by atoms with van der Waals surface area (Å²) in [6.07, 6.45) is 3.54. The SMILES string of the molecule is CC(C)N1CCOc2c(F)cc(-c3nc(Cc4ccc(C5CCNCC5)nn4)ncc3F)cc21. The van der Waals surface area contributed by atoms with Gasteiger partial charge in [0.2, 0.25) is 0 Å². The quantitative estimate of drug-likeness (QED) is 0.612. The van der Waals surface area contributed by atoms with Gasteiger partial charge in [-0.3, -0.25) is 0 Å². The number of piperidine rings is 1. The molecule has 0 radical (unpaired) electrons. The van der Waals surface area contributed by atoms with Crippen LogP contribution in [0.4, 0.5) is 14.5 Å². The number of nitrogens with one attached hydrogen (secondary N) is 1. The summed E-state index contributed by atoms with van der Waals surface area (Å²) in [7, 11) is 0. The van der Waals surface area contributed by atoms with E-state index in [1.807, 2.05) is 30.9 Å². The van der Waals surface area contributed by atoms with Crippen LogP contribution in [0.15, 0.2) is 30.5 Å². The maximum atomic E-state index is 14.9. The zero-order chi connectivity index (χ0) is 23.7. The molecule has 2 aliphatic heterocycles. The third-order valence-corrected chi connectivity index (χ3v) is 6.44. The summed E-state index contributed by atoms with van der Waals surface area (Å²) in [5.74, 6) is -0.122. The van der Waals surface area contributed by atoms with Crippen LogP contribution in [0.5, 0.6) is 5.75 Å². The summed E-state index contributed by atoms with van der Waals surface area (Å²) in [5.41, 5.74) is 2.70. The highest BCUT2D eigenvalue weighted by Crippen LogP contribution is 2.39. The number of aromatic nitrogens is 4. The summed E-state index contributed by atoms with van der Waals surface area (Å²) < 4.78 is 35.2. The van der Waals surface area contributed by atoms with Gasteiger partial charge in [0.1, 0.15) is 18.1 Å². The number of fused-ring (bicyclic) bond motifs is 1. The van der Waals surface area contributed by atoms with Gasteiger partial charge >= 0.3 is 0 Å². The van der Waals surface area contributed by atoms with E-state index in [0.717, 1.165) is 37.8 Å². The third kappa shape index (κ3) is 4.57. The van der Waals surface area contributed by atoms with Crippen LogP contribution in [-0.4, -0.2) is 52.4 Å². The average Bonchev–Trinajstić information content (AvgIpc) is 2.86. The van der Waals surface area contributed by atoms with Gasteiger partial charge in [0.15, 0.2) is 17.4 Å². The van der Waals surface area contributed by atoms with Gasteiger partial charge < -0.3 is 15.0 Å². The van der Waals surface area contributed by atoms with E-state index >= 15 is 0 Å². The molecule has 0 aliphatic carbocycles. The third-order valence-electron chi connectivity index (χ3n) is 6.44. The molecule has 0 bridgehead atoms. The van der Waals surface area contributed by atoms with Gasteiger partial charge in [0, 0.05) is 17.5 Å². The summed E-state index contributed by atoms with van der Waals surface area (Å²) in [6.45, 7) is 7.08. The fraction of sp³-hybridized carbons (Fsp3) is 0.440. The Morgan fingerprint density at radius 2 is 1.94 bits per heavy atom. The van der Waals surface area contributed by atoms with Crippen LogP contribution in [-0.2, 0) is 6.42 Å². The number of hydrogen-bond acceptors (Lipinski definition) is 7. The highest BCUT2D eigenvalue weighted by Gasteiger charge is 2.26. The Morgan fingerprint density at radius 3 is 2.68 bits per heavy atom. The van der Waals surface area contributed by atoms with Crippen LogP contribution in [0.2, 0.25) is 0 Å². The number of benzene rings is 1. The van der Waals surface area contributed by atoms with Crippen LogP contribution < -0.4 is 15.0 Å². The fourth-order valence-electron chi connectivity index (χ4n) is 4.63. The first-order valence-electron chi connectivity index (χ1n) is 11.8. The second-order valence-corrected chi connectivity index (χ2v) is 9.08. The van der Waals surface area contributed by atoms with Gasteiger partial charge in [0.25, 0.3) is 0 Å². The van der Waals surface area contributed by atoms with Crippen LogP contribution in [0.1, 0.15) is 49.8 Å². The molecule has 2 aliphatic rings. The Bertz CT molecular complexity index is 1160. The second-order valence-electron chi connectivity index (χ2n) is 9.08. The molecule has 0 unspecified atom stereocenters. The van der Waals surface area contributed by atoms with Gasteiger partial charge in [-0.15, -0.1) is 0 Å². The maximum absolute atomic E-state index is 14.9. The van der Waals surface area contributed by atoms with E-state index in [4.69, 9.17) is 4.74 Å². The van der Waals surface area contributed by atoms with Crippen molar-refractivity contribution in [3.63, 3.8) is 0 Å². The van der Waals surface area contributed by atoms with E-state index in [1.165, 1.54) is 6.07 Å². The minimum Gasteiger partial charge on any atom is -0.486 e. The lowest BCUT2D eigenvalue weighted by Crippen LogP contribution is -2.38. The van der Waals surface area contributed by atoms with Crippen molar-refractivity contribution in [3.05, 3.63) is 59.3 Å². The first-order valence-corrected chi connectivity index (χ1v) is 11.8. The largest absolute Gasteiger partial charge is 0.486 e. The molecular weight excluding hydrogens is 438 g/mol. The van der Waals surface area contributed by atoms with Crippen LogP contribution in [0, 0.1) is 11.6 Å². The van der Waals surface area contributed by atoms with Gasteiger partial charge in [0.05, 0.1) is 36.2 Å². The standard InChI is InChI=1S/C25H28F2N6O/c1-15(2)33-9-10-34-25-19(26)11-17(12-22(25)33)24-20(27)14-29-23(30-24)13-18-3-4-21(32-31-18)16-5-7-28-8-6-16/h3-4,11-12,14-16,28H,5-10,13H2,1-2H3. The molecule has 2 aromatic heterocycles. The summed E-state index contributed by atoms with van der Waals surface area (Å²) >= 11 is 0. The zero-order valence-corrected chi connectivity index (χ0v) is 19.4. The van der Waals surface area contributed by atoms with Crippen molar-refractivity contribution in [3.8, 4) is 17.0 Å². The summed E-state index contributed by atoms with van der Waals surface area (Å²) in [5, 5.41) is 12.1. The van der Waals surface area contributed by atoms with E-state index in [2.05, 4.69) is 25.5 Å². The molecule has 1 fully saturated rings. The van der Waals surface area contributed by atoms with E-state index < -0.39 is 11.6 Å². The molecule has 7 nitrogen and oxygen atoms in total. The first-order chi connectivity index (χ1) is 16.5. The van der Waals surface area contributed by atoms with E-state index in [-0.39, 0.29) is 17.5 Å². The number of ether oxygens (including phenoxy) is 1. The lowest BCUT2D eigenvalue weighted by molar-refractivity contribution is 0.287. The molecule has 178 valence electrons. The Morgan fingerprint density at radius 1 is 1.12 bits per heavy atom. The monoisotopic (exact) mass is 466 g/mol. The van der Waals surface area contributed by atoms with Crippen molar-refractivity contribution in [1.82, 2.24) is 25.5 Å². The molecule has 4 heterocycles. The molecule has 5 rings (SSSR count). The average molecular weight is 467 g/mol. The first kappa shape index (κ1) is 22.6. The zero-order valence-electron chi connectivity index (χ0n) is 19.4. The number of hydrogen-bond donors (Lipinski definition) is 1. The molecule has 0 atom stereocenters. The van der Waals surface area contributed by atoms with Crippen molar-refractivity contribution in [2.45, 2.75) is 45.1 Å². The van der Waals surface area contributed by atoms with E-state index in [9.17, 15) is 8.78 Å². The normalized spacial score (nSPS) is 16.4. The molecule has 9 heteroatoms. The highest BCUT2D eigenvalue weighted by atomic mass is 19.1. The molecule has 0 spiro atoms. The van der Waals surface area contributed by atoms with Gasteiger partial charge in [-0.05, 0) is 64.0 Å². The Kier molecular flexibility index (Phi) is 6.36. The molecule has 34 heavy (non-hydrogen) atoms. The molecule has 1 N–H and O–H groups in total. The maximum Gasteiger partial charge on any atom is 0.178 e. The number of nitrogens with zero attached hydrogens (tertiary/aromatic N) is 5. The predicted octanol–water partition coefficient (Wildman–Crippen LogP) is 3.88. The lowest BCUT2D eigenvalue weighted by Gasteiger charge is -2.34. The minimum atomic E-state index is -0.608. The van der Waals surface area contributed by atoms with Crippen molar-refractivity contribution in [2.24, 2.45) is 0 Å². The summed E-state index contributed by atoms with van der Waals surface area (Å²) in [6, 6.07) is 7.08. The van der Waals surface area contributed by atoms with Crippen molar-refractivity contribution >= 4 is 5.69 Å². The minimum absolute atomic E-state index is 0.0558. The van der Waals surface area contributed by atoms with Crippen LogP contribution in [0.3, 0.4) is 0 Å². The fourth-order valence-corrected chi connectivity index (χ4v) is 4.63. The van der Waals surface area contributed by atoms with Crippen molar-refractivity contribution < 1.29 is 13.5 Å². The molecule has 1 aromatic carbocycles. The van der Waals surface area contributed by atoms with Gasteiger partial charge in [-0.1, -0.05) is 0 Å². The molecule has 3 aromatic rings. The predicted molar refractivity (Wildman–Crippen MR) is 125 cm³/mol. The number of halogens is 2. The van der Waals surface area contributed by atoms with Crippen molar-refractivity contribution in [1.29, 1.82) is 0 Å². The Labute approximate surface area is 197 Å². The molecule has 0 saturated carbocycles. The van der Waals surface area contributed by atoms with E-state index in [1.54, 1.807) is 6.07 Å². The smallest absolute Gasteiger partial charge is 0.178 e. The second kappa shape index (κ2) is 9.58. The number of anilines is 1. The van der Waals surface area contributed by atoms with E-state index in [0.29, 0.717) is 48.3 Å². The highest BCUT2D eigenvalue weighted by molar-refractivity contribution is 5.72. The Hall–Kier alpha value is -3.20. The molecule has 0 amide bonds. The topological polar surface area (TPSA) is 76.1 Å². The summed E-state index contributed by atoms with van der Waals surface area (Å²) in [4.78, 5) is 10.6. The van der Waals surface area contributed by atoms with Crippen LogP contribution >= 0.6 is 0 Å².